The van der Waals surface area contributed by atoms with E-state index in [0.29, 0.717) is 29.3 Å². The molecule has 2 aliphatic rings. The molecule has 2 nitrogen and oxygen atoms in total. The first kappa shape index (κ1) is 13.7. The molecule has 3 unspecified atom stereocenters. The summed E-state index contributed by atoms with van der Waals surface area (Å²) < 4.78 is 0. The molecule has 22 heavy (non-hydrogen) atoms. The van der Waals surface area contributed by atoms with Crippen LogP contribution in [0.4, 0.5) is 0 Å². The minimum atomic E-state index is 0.338. The third kappa shape index (κ3) is 2.27. The fourth-order valence-corrected chi connectivity index (χ4v) is 4.62. The number of fused-ring (bicyclic) bond motifs is 3. The molecular formula is C20H22O2. The summed E-state index contributed by atoms with van der Waals surface area (Å²) in [5.41, 5.74) is 4.10. The topological polar surface area (TPSA) is 40.5 Å². The third-order valence-corrected chi connectivity index (χ3v) is 5.63. The second kappa shape index (κ2) is 5.35. The Kier molecular flexibility index (Phi) is 3.33. The van der Waals surface area contributed by atoms with E-state index in [1.807, 2.05) is 12.1 Å². The van der Waals surface area contributed by atoms with Crippen LogP contribution in [0.1, 0.15) is 54.2 Å². The van der Waals surface area contributed by atoms with Crippen LogP contribution >= 0.6 is 0 Å². The molecule has 3 atom stereocenters. The van der Waals surface area contributed by atoms with Crippen molar-refractivity contribution in [1.82, 2.24) is 0 Å². The molecule has 0 aromatic heterocycles. The third-order valence-electron chi connectivity index (χ3n) is 5.63. The number of phenolic OH excluding ortho intramolecular Hbond substituents is 2. The molecule has 2 aromatic carbocycles. The number of rotatable bonds is 1. The van der Waals surface area contributed by atoms with E-state index in [-0.39, 0.29) is 0 Å². The lowest BCUT2D eigenvalue weighted by Crippen LogP contribution is -2.30. The quantitative estimate of drug-likeness (QED) is 0.799. The summed E-state index contributed by atoms with van der Waals surface area (Å²) in [4.78, 5) is 0. The maximum atomic E-state index is 9.86. The van der Waals surface area contributed by atoms with Gasteiger partial charge in [0.15, 0.2) is 0 Å². The van der Waals surface area contributed by atoms with E-state index in [0.717, 1.165) is 6.42 Å². The first-order valence-electron chi connectivity index (χ1n) is 8.33. The second-order valence-electron chi connectivity index (χ2n) is 6.84. The highest BCUT2D eigenvalue weighted by molar-refractivity contribution is 5.43. The van der Waals surface area contributed by atoms with Gasteiger partial charge in [-0.3, -0.25) is 0 Å². The van der Waals surface area contributed by atoms with Gasteiger partial charge in [-0.05, 0) is 78.0 Å². The SMILES string of the molecule is Oc1ccc(C2Cc3ccc(O)cc3C3CCCCC23)cc1. The number of aromatic hydroxyl groups is 2. The molecule has 0 spiro atoms. The molecule has 0 heterocycles. The van der Waals surface area contributed by atoms with Gasteiger partial charge in [-0.25, -0.2) is 0 Å². The molecule has 0 radical (unpaired) electrons. The first-order valence-corrected chi connectivity index (χ1v) is 8.33. The molecule has 4 rings (SSSR count). The monoisotopic (exact) mass is 294 g/mol. The van der Waals surface area contributed by atoms with E-state index in [9.17, 15) is 10.2 Å². The second-order valence-corrected chi connectivity index (χ2v) is 6.84. The zero-order valence-corrected chi connectivity index (χ0v) is 12.7. The van der Waals surface area contributed by atoms with Crippen molar-refractivity contribution >= 4 is 0 Å². The summed E-state index contributed by atoms with van der Waals surface area (Å²) in [7, 11) is 0. The molecule has 0 bridgehead atoms. The number of benzene rings is 2. The van der Waals surface area contributed by atoms with Crippen molar-refractivity contribution in [1.29, 1.82) is 0 Å². The predicted octanol–water partition coefficient (Wildman–Crippen LogP) is 4.71. The van der Waals surface area contributed by atoms with E-state index >= 15 is 0 Å². The van der Waals surface area contributed by atoms with Gasteiger partial charge in [0.1, 0.15) is 11.5 Å². The van der Waals surface area contributed by atoms with Crippen LogP contribution in [0.5, 0.6) is 11.5 Å². The molecule has 2 aliphatic carbocycles. The molecule has 0 aliphatic heterocycles. The average Bonchev–Trinajstić information content (AvgIpc) is 2.55. The smallest absolute Gasteiger partial charge is 0.115 e. The van der Waals surface area contributed by atoms with Crippen molar-refractivity contribution in [3.8, 4) is 11.5 Å². The van der Waals surface area contributed by atoms with Crippen LogP contribution in [-0.2, 0) is 6.42 Å². The van der Waals surface area contributed by atoms with E-state index < -0.39 is 0 Å². The van der Waals surface area contributed by atoms with Crippen molar-refractivity contribution in [3.63, 3.8) is 0 Å². The van der Waals surface area contributed by atoms with Crippen LogP contribution in [0.15, 0.2) is 42.5 Å². The lowest BCUT2D eigenvalue weighted by molar-refractivity contribution is 0.242. The molecular weight excluding hydrogens is 272 g/mol. The van der Waals surface area contributed by atoms with Crippen LogP contribution in [0.2, 0.25) is 0 Å². The molecule has 1 fully saturated rings. The average molecular weight is 294 g/mol. The Morgan fingerprint density at radius 3 is 2.32 bits per heavy atom. The Bertz CT molecular complexity index is 675. The highest BCUT2D eigenvalue weighted by Gasteiger charge is 2.38. The summed E-state index contributed by atoms with van der Waals surface area (Å²) in [5, 5.41) is 19.4. The number of hydrogen-bond donors (Lipinski definition) is 2. The molecule has 1 saturated carbocycles. The normalized spacial score (nSPS) is 27.0. The highest BCUT2D eigenvalue weighted by Crippen LogP contribution is 2.51. The zero-order valence-electron chi connectivity index (χ0n) is 12.7. The highest BCUT2D eigenvalue weighted by atomic mass is 16.3. The Hall–Kier alpha value is -1.96. The minimum absolute atomic E-state index is 0.338. The van der Waals surface area contributed by atoms with Gasteiger partial charge < -0.3 is 10.2 Å². The van der Waals surface area contributed by atoms with Crippen LogP contribution in [0, 0.1) is 5.92 Å². The van der Waals surface area contributed by atoms with Gasteiger partial charge in [-0.2, -0.15) is 0 Å². The lowest BCUT2D eigenvalue weighted by atomic mass is 9.61. The molecule has 2 aromatic rings. The fraction of sp³-hybridized carbons (Fsp3) is 0.400. The Morgan fingerprint density at radius 2 is 1.50 bits per heavy atom. The van der Waals surface area contributed by atoms with Crippen molar-refractivity contribution in [3.05, 3.63) is 59.2 Å². The molecule has 2 N–H and O–H groups in total. The molecule has 0 saturated heterocycles. The predicted molar refractivity (Wildman–Crippen MR) is 87.4 cm³/mol. The first-order chi connectivity index (χ1) is 10.7. The lowest BCUT2D eigenvalue weighted by Gasteiger charge is -2.43. The summed E-state index contributed by atoms with van der Waals surface area (Å²) in [5.74, 6) is 2.50. The van der Waals surface area contributed by atoms with Gasteiger partial charge in [0, 0.05) is 0 Å². The molecule has 114 valence electrons. The summed E-state index contributed by atoms with van der Waals surface area (Å²) >= 11 is 0. The van der Waals surface area contributed by atoms with E-state index in [4.69, 9.17) is 0 Å². The Balaban J connectivity index is 1.77. The van der Waals surface area contributed by atoms with Crippen LogP contribution in [-0.4, -0.2) is 10.2 Å². The number of phenols is 2. The Morgan fingerprint density at radius 1 is 0.773 bits per heavy atom. The van der Waals surface area contributed by atoms with Gasteiger partial charge in [0.25, 0.3) is 0 Å². The van der Waals surface area contributed by atoms with Gasteiger partial charge in [-0.15, -0.1) is 0 Å². The maximum absolute atomic E-state index is 9.86. The van der Waals surface area contributed by atoms with Gasteiger partial charge in [-0.1, -0.05) is 31.0 Å². The molecule has 2 heteroatoms. The van der Waals surface area contributed by atoms with Crippen molar-refractivity contribution < 1.29 is 10.2 Å². The van der Waals surface area contributed by atoms with Crippen LogP contribution in [0.25, 0.3) is 0 Å². The van der Waals surface area contributed by atoms with Crippen molar-refractivity contribution in [2.75, 3.05) is 0 Å². The fourth-order valence-electron chi connectivity index (χ4n) is 4.62. The van der Waals surface area contributed by atoms with Crippen LogP contribution in [0.3, 0.4) is 0 Å². The van der Waals surface area contributed by atoms with E-state index in [1.54, 1.807) is 12.1 Å². The number of hydrogen-bond acceptors (Lipinski definition) is 2. The van der Waals surface area contributed by atoms with E-state index in [2.05, 4.69) is 18.2 Å². The largest absolute Gasteiger partial charge is 0.508 e. The zero-order chi connectivity index (χ0) is 15.1. The van der Waals surface area contributed by atoms with Gasteiger partial charge in [0.05, 0.1) is 0 Å². The van der Waals surface area contributed by atoms with Gasteiger partial charge in [0.2, 0.25) is 0 Å². The minimum Gasteiger partial charge on any atom is -0.508 e. The molecule has 0 amide bonds. The standard InChI is InChI=1S/C20H22O2/c21-15-8-5-13(6-9-15)19-11-14-7-10-16(22)12-20(14)18-4-2-1-3-17(18)19/h5-10,12,17-19,21-22H,1-4,11H2. The summed E-state index contributed by atoms with van der Waals surface area (Å²) in [6.45, 7) is 0. The summed E-state index contributed by atoms with van der Waals surface area (Å²) in [6.07, 6.45) is 6.14. The summed E-state index contributed by atoms with van der Waals surface area (Å²) in [6, 6.07) is 13.7. The van der Waals surface area contributed by atoms with Crippen molar-refractivity contribution in [2.24, 2.45) is 5.92 Å². The van der Waals surface area contributed by atoms with E-state index in [1.165, 1.54) is 42.4 Å². The Labute approximate surface area is 131 Å². The van der Waals surface area contributed by atoms with Crippen LogP contribution < -0.4 is 0 Å². The van der Waals surface area contributed by atoms with Gasteiger partial charge >= 0.3 is 0 Å². The van der Waals surface area contributed by atoms with Crippen molar-refractivity contribution in [2.45, 2.75) is 43.9 Å². The maximum Gasteiger partial charge on any atom is 0.115 e.